The molecule has 1 aromatic heterocycles. The van der Waals surface area contributed by atoms with Crippen LogP contribution in [-0.4, -0.2) is 83.3 Å². The minimum Gasteiger partial charge on any atom is -0.496 e. The molecule has 1 N–H and O–H groups in total. The zero-order chi connectivity index (χ0) is 19.3. The molecule has 7 nitrogen and oxygen atoms in total. The Morgan fingerprint density at radius 2 is 2.07 bits per heavy atom. The van der Waals surface area contributed by atoms with Crippen molar-refractivity contribution in [1.82, 2.24) is 19.6 Å². The van der Waals surface area contributed by atoms with E-state index in [-0.39, 0.29) is 12.1 Å². The molecule has 0 saturated carbocycles. The van der Waals surface area contributed by atoms with Crippen molar-refractivity contribution in [3.8, 4) is 5.75 Å². The highest BCUT2D eigenvalue weighted by Gasteiger charge is 2.32. The highest BCUT2D eigenvalue weighted by atomic mass is 16.5. The number of β-amino-alcohol motifs (C(OH)–C–C–N with tert-alkyl or cyclic N) is 1. The average Bonchev–Trinajstić information content (AvgIpc) is 3.22. The molecular weight excluding hydrogens is 356 g/mol. The average molecular weight is 386 g/mol. The van der Waals surface area contributed by atoms with E-state index < -0.39 is 0 Å². The van der Waals surface area contributed by atoms with Crippen LogP contribution in [-0.2, 0) is 17.8 Å². The van der Waals surface area contributed by atoms with E-state index in [0.717, 1.165) is 57.1 Å². The van der Waals surface area contributed by atoms with Gasteiger partial charge in [0.05, 0.1) is 33.0 Å². The Bertz CT molecular complexity index is 746. The maximum atomic E-state index is 10.7. The van der Waals surface area contributed by atoms with Crippen LogP contribution < -0.4 is 4.74 Å². The van der Waals surface area contributed by atoms with E-state index in [1.807, 2.05) is 23.0 Å². The van der Waals surface area contributed by atoms with Crippen LogP contribution in [0.5, 0.6) is 5.75 Å². The van der Waals surface area contributed by atoms with Crippen molar-refractivity contribution in [3.63, 3.8) is 0 Å². The number of ether oxygens (including phenoxy) is 2. The Morgan fingerprint density at radius 3 is 2.79 bits per heavy atom. The van der Waals surface area contributed by atoms with Gasteiger partial charge in [-0.25, -0.2) is 0 Å². The summed E-state index contributed by atoms with van der Waals surface area (Å²) >= 11 is 0. The van der Waals surface area contributed by atoms with E-state index >= 15 is 0 Å². The van der Waals surface area contributed by atoms with Gasteiger partial charge in [-0.05, 0) is 30.2 Å². The zero-order valence-corrected chi connectivity index (χ0v) is 16.5. The van der Waals surface area contributed by atoms with Crippen LogP contribution in [0.2, 0.25) is 0 Å². The van der Waals surface area contributed by atoms with Crippen molar-refractivity contribution in [2.24, 2.45) is 0 Å². The van der Waals surface area contributed by atoms with E-state index in [0.29, 0.717) is 13.1 Å². The topological polar surface area (TPSA) is 63.0 Å². The molecule has 0 bridgehead atoms. The van der Waals surface area contributed by atoms with Crippen LogP contribution in [0.3, 0.4) is 0 Å². The fourth-order valence-electron chi connectivity index (χ4n) is 4.34. The molecule has 152 valence electrons. The number of nitrogens with zero attached hydrogens (tertiary/aromatic N) is 4. The van der Waals surface area contributed by atoms with Gasteiger partial charge in [0, 0.05) is 56.7 Å². The molecule has 2 saturated heterocycles. The largest absolute Gasteiger partial charge is 0.496 e. The van der Waals surface area contributed by atoms with Gasteiger partial charge >= 0.3 is 0 Å². The van der Waals surface area contributed by atoms with Gasteiger partial charge in [0.15, 0.2) is 0 Å². The van der Waals surface area contributed by atoms with E-state index in [2.05, 4.69) is 27.0 Å². The molecule has 28 heavy (non-hydrogen) atoms. The van der Waals surface area contributed by atoms with Crippen molar-refractivity contribution < 1.29 is 14.6 Å². The van der Waals surface area contributed by atoms with Crippen LogP contribution >= 0.6 is 0 Å². The Kier molecular flexibility index (Phi) is 6.26. The van der Waals surface area contributed by atoms with Crippen molar-refractivity contribution >= 4 is 0 Å². The number of likely N-dealkylation sites (tertiary alicyclic amines) is 1. The maximum absolute atomic E-state index is 10.7. The standard InChI is InChI=1S/C21H30N4O3/c1-27-21-4-3-17(13-18(21)15-25-7-2-6-22-25)14-23-8-5-19(20(26)16-23)24-9-11-28-12-10-24/h2-4,6-7,13,19-20,26H,5,8-12,14-16H2,1H3/t19-,20-/m1/s1. The lowest BCUT2D eigenvalue weighted by atomic mass is 9.98. The second kappa shape index (κ2) is 9.05. The predicted octanol–water partition coefficient (Wildman–Crippen LogP) is 1.21. The monoisotopic (exact) mass is 386 g/mol. The molecule has 2 fully saturated rings. The van der Waals surface area contributed by atoms with Crippen molar-refractivity contribution in [1.29, 1.82) is 0 Å². The normalized spacial score (nSPS) is 24.4. The molecule has 0 aliphatic carbocycles. The Labute approximate surface area is 166 Å². The second-order valence-corrected chi connectivity index (χ2v) is 7.66. The van der Waals surface area contributed by atoms with Crippen LogP contribution in [0.1, 0.15) is 17.5 Å². The third-order valence-corrected chi connectivity index (χ3v) is 5.79. The van der Waals surface area contributed by atoms with E-state index in [9.17, 15) is 5.11 Å². The summed E-state index contributed by atoms with van der Waals surface area (Å²) in [5.41, 5.74) is 2.35. The number of aromatic nitrogens is 2. The highest BCUT2D eigenvalue weighted by Crippen LogP contribution is 2.24. The summed E-state index contributed by atoms with van der Waals surface area (Å²) in [5.74, 6) is 0.880. The number of methoxy groups -OCH3 is 1. The summed E-state index contributed by atoms with van der Waals surface area (Å²) < 4.78 is 12.9. The van der Waals surface area contributed by atoms with E-state index in [4.69, 9.17) is 9.47 Å². The Hall–Kier alpha value is -1.93. The first-order chi connectivity index (χ1) is 13.7. The summed E-state index contributed by atoms with van der Waals surface area (Å²) in [6.07, 6.45) is 4.43. The van der Waals surface area contributed by atoms with Gasteiger partial charge in [0.25, 0.3) is 0 Å². The first kappa shape index (κ1) is 19.4. The van der Waals surface area contributed by atoms with Crippen LogP contribution in [0.15, 0.2) is 36.7 Å². The zero-order valence-electron chi connectivity index (χ0n) is 16.5. The number of aliphatic hydroxyl groups excluding tert-OH is 1. The van der Waals surface area contributed by atoms with Gasteiger partial charge in [-0.1, -0.05) is 6.07 Å². The summed E-state index contributed by atoms with van der Waals surface area (Å²) in [7, 11) is 1.70. The third kappa shape index (κ3) is 4.55. The number of aliphatic hydroxyl groups is 1. The quantitative estimate of drug-likeness (QED) is 0.805. The van der Waals surface area contributed by atoms with Crippen LogP contribution in [0, 0.1) is 0 Å². The predicted molar refractivity (Wildman–Crippen MR) is 106 cm³/mol. The van der Waals surface area contributed by atoms with E-state index in [1.165, 1.54) is 5.56 Å². The summed E-state index contributed by atoms with van der Waals surface area (Å²) in [6.45, 7) is 6.64. The van der Waals surface area contributed by atoms with Gasteiger partial charge in [-0.3, -0.25) is 14.5 Å². The Morgan fingerprint density at radius 1 is 1.21 bits per heavy atom. The van der Waals surface area contributed by atoms with Gasteiger partial charge in [-0.2, -0.15) is 5.10 Å². The maximum Gasteiger partial charge on any atom is 0.123 e. The Balaban J connectivity index is 1.39. The lowest BCUT2D eigenvalue weighted by Gasteiger charge is -2.43. The van der Waals surface area contributed by atoms with Gasteiger partial charge < -0.3 is 14.6 Å². The van der Waals surface area contributed by atoms with Crippen molar-refractivity contribution in [2.45, 2.75) is 31.7 Å². The molecule has 2 aromatic rings. The van der Waals surface area contributed by atoms with Crippen molar-refractivity contribution in [3.05, 3.63) is 47.8 Å². The minimum absolute atomic E-state index is 0.256. The van der Waals surface area contributed by atoms with Gasteiger partial charge in [0.2, 0.25) is 0 Å². The van der Waals surface area contributed by atoms with Crippen LogP contribution in [0.4, 0.5) is 0 Å². The molecule has 0 amide bonds. The SMILES string of the molecule is COc1ccc(CN2CC[C@@H](N3CCOCC3)[C@H](O)C2)cc1Cn1cccn1. The summed E-state index contributed by atoms with van der Waals surface area (Å²) in [5, 5.41) is 15.0. The number of benzene rings is 1. The molecule has 4 rings (SSSR count). The van der Waals surface area contributed by atoms with Crippen LogP contribution in [0.25, 0.3) is 0 Å². The minimum atomic E-state index is -0.311. The molecule has 0 unspecified atom stereocenters. The van der Waals surface area contributed by atoms with Gasteiger partial charge in [-0.15, -0.1) is 0 Å². The lowest BCUT2D eigenvalue weighted by molar-refractivity contribution is -0.0534. The van der Waals surface area contributed by atoms with Crippen molar-refractivity contribution in [2.75, 3.05) is 46.5 Å². The van der Waals surface area contributed by atoms with Gasteiger partial charge in [0.1, 0.15) is 5.75 Å². The molecule has 7 heteroatoms. The molecule has 2 aliphatic rings. The fraction of sp³-hybridized carbons (Fsp3) is 0.571. The smallest absolute Gasteiger partial charge is 0.123 e. The number of rotatable bonds is 6. The van der Waals surface area contributed by atoms with E-state index in [1.54, 1.807) is 13.3 Å². The first-order valence-corrected chi connectivity index (χ1v) is 10.1. The number of hydrogen-bond acceptors (Lipinski definition) is 6. The molecule has 2 atom stereocenters. The number of hydrogen-bond donors (Lipinski definition) is 1. The number of morpholine rings is 1. The first-order valence-electron chi connectivity index (χ1n) is 10.1. The highest BCUT2D eigenvalue weighted by molar-refractivity contribution is 5.37. The number of piperidine rings is 1. The second-order valence-electron chi connectivity index (χ2n) is 7.66. The molecule has 3 heterocycles. The molecular formula is C21H30N4O3. The molecule has 1 aromatic carbocycles. The molecule has 0 radical (unpaired) electrons. The summed E-state index contributed by atoms with van der Waals surface area (Å²) in [6, 6.07) is 8.53. The lowest BCUT2D eigenvalue weighted by Crippen LogP contribution is -2.56. The fourth-order valence-corrected chi connectivity index (χ4v) is 4.34. The summed E-state index contributed by atoms with van der Waals surface area (Å²) in [4.78, 5) is 4.74. The molecule has 2 aliphatic heterocycles. The third-order valence-electron chi connectivity index (χ3n) is 5.79. The molecule has 0 spiro atoms.